The number of imide groups is 1. The van der Waals surface area contributed by atoms with Crippen molar-refractivity contribution in [3.63, 3.8) is 0 Å². The number of hydroxylamine groups is 2. The van der Waals surface area contributed by atoms with Crippen LogP contribution in [-0.4, -0.2) is 52.8 Å². The van der Waals surface area contributed by atoms with Gasteiger partial charge in [-0.05, 0) is 104 Å². The number of aryl methyl sites for hydroxylation is 2. The van der Waals surface area contributed by atoms with Crippen LogP contribution in [0.2, 0.25) is 0 Å². The van der Waals surface area contributed by atoms with Gasteiger partial charge in [0, 0.05) is 56.4 Å². The quantitative estimate of drug-likeness (QED) is 0.122. The zero-order chi connectivity index (χ0) is 35.0. The summed E-state index contributed by atoms with van der Waals surface area (Å²) in [5, 5.41) is 0.580. The summed E-state index contributed by atoms with van der Waals surface area (Å²) in [7, 11) is 0. The predicted molar refractivity (Wildman–Crippen MR) is 187 cm³/mol. The van der Waals surface area contributed by atoms with Crippen LogP contribution in [0.3, 0.4) is 0 Å². The third-order valence-electron chi connectivity index (χ3n) is 7.23. The molecule has 6 aromatic rings. The third kappa shape index (κ3) is 11.9. The fourth-order valence-electron chi connectivity index (χ4n) is 4.75. The van der Waals surface area contributed by atoms with Gasteiger partial charge in [-0.3, -0.25) is 39.5 Å². The molecule has 51 heavy (non-hydrogen) atoms. The van der Waals surface area contributed by atoms with Gasteiger partial charge < -0.3 is 4.84 Å². The smallest absolute Gasteiger partial charge is 0.330 e. The summed E-state index contributed by atoms with van der Waals surface area (Å²) in [6.45, 7) is 2.00. The van der Waals surface area contributed by atoms with Gasteiger partial charge in [0.05, 0.1) is 34.2 Å². The van der Waals surface area contributed by atoms with Crippen LogP contribution in [0.25, 0.3) is 34.2 Å². The molecule has 6 aromatic heterocycles. The molecule has 0 bridgehead atoms. The summed E-state index contributed by atoms with van der Waals surface area (Å²) in [6, 6.07) is 30.9. The van der Waals surface area contributed by atoms with Crippen molar-refractivity contribution < 1.29 is 38.7 Å². The molecule has 11 nitrogen and oxygen atoms in total. The minimum Gasteiger partial charge on any atom is -0.330 e. The van der Waals surface area contributed by atoms with Crippen molar-refractivity contribution in [2.24, 2.45) is 0 Å². The summed E-state index contributed by atoms with van der Waals surface area (Å²) in [4.78, 5) is 64.9. The van der Waals surface area contributed by atoms with Gasteiger partial charge in [-0.25, -0.2) is 4.79 Å². The molecule has 7 rings (SSSR count). The Morgan fingerprint density at radius 2 is 1.02 bits per heavy atom. The van der Waals surface area contributed by atoms with E-state index in [1.54, 1.807) is 37.2 Å². The number of nitrogens with zero attached hydrogens (tertiary/aromatic N) is 7. The first-order chi connectivity index (χ1) is 24.5. The van der Waals surface area contributed by atoms with E-state index in [4.69, 9.17) is 4.84 Å². The molecule has 1 saturated heterocycles. The molecule has 0 unspecified atom stereocenters. The Bertz CT molecular complexity index is 1820. The minimum absolute atomic E-state index is 0. The third-order valence-corrected chi connectivity index (χ3v) is 7.23. The molecule has 0 aromatic carbocycles. The van der Waals surface area contributed by atoms with E-state index >= 15 is 0 Å². The van der Waals surface area contributed by atoms with Gasteiger partial charge in [0.2, 0.25) is 0 Å². The van der Waals surface area contributed by atoms with Gasteiger partial charge in [-0.2, -0.15) is 0 Å². The van der Waals surface area contributed by atoms with Gasteiger partial charge in [0.25, 0.3) is 11.8 Å². The van der Waals surface area contributed by atoms with Crippen molar-refractivity contribution in [1.82, 2.24) is 35.0 Å². The zero-order valence-electron chi connectivity index (χ0n) is 27.9. The van der Waals surface area contributed by atoms with E-state index in [0.29, 0.717) is 17.9 Å². The number of carbonyl (C=O) groups excluding carboxylic acids is 3. The molecule has 256 valence electrons. The van der Waals surface area contributed by atoms with E-state index in [1.165, 1.54) is 0 Å². The maximum atomic E-state index is 11.8. The summed E-state index contributed by atoms with van der Waals surface area (Å²) in [5.74, 6) is -1.51. The largest absolute Gasteiger partial charge is 2.00 e. The normalized spacial score (nSPS) is 11.7. The standard InChI is InChI=1S/C19H19N3O4.2C10H8N2.Ru/c1-13-7-9-20-15(11-13)16-12-14(8-10-21-16)3-2-4-19(25)26-22-17(23)5-6-18(22)24;2*1-3-7-11-9(5-1)10-6-2-4-8-12-10;/h7-12H,2-6H2,1H3;2*1-8H;/q;;;+2. The first-order valence-corrected chi connectivity index (χ1v) is 16.1. The summed E-state index contributed by atoms with van der Waals surface area (Å²) in [6.07, 6.45) is 12.0. The van der Waals surface area contributed by atoms with Crippen molar-refractivity contribution in [3.05, 3.63) is 145 Å². The first-order valence-electron chi connectivity index (χ1n) is 16.1. The molecule has 12 heteroatoms. The van der Waals surface area contributed by atoms with E-state index in [1.807, 2.05) is 104 Å². The number of amides is 2. The molecule has 0 N–H and O–H groups in total. The van der Waals surface area contributed by atoms with Crippen LogP contribution in [0.15, 0.2) is 134 Å². The number of hydrogen-bond donors (Lipinski definition) is 0. The van der Waals surface area contributed by atoms with E-state index in [-0.39, 0.29) is 38.7 Å². The molecule has 7 heterocycles. The average Bonchev–Trinajstić information content (AvgIpc) is 3.49. The molecule has 0 radical (unpaired) electrons. The molecule has 0 atom stereocenters. The van der Waals surface area contributed by atoms with E-state index < -0.39 is 17.8 Å². The summed E-state index contributed by atoms with van der Waals surface area (Å²) >= 11 is 0. The number of rotatable bonds is 8. The Balaban J connectivity index is 0.000000193. The average molecular weight is 767 g/mol. The summed E-state index contributed by atoms with van der Waals surface area (Å²) in [5.41, 5.74) is 7.38. The van der Waals surface area contributed by atoms with Crippen LogP contribution in [-0.2, 0) is 45.1 Å². The fraction of sp³-hybridized carbons (Fsp3) is 0.154. The Morgan fingerprint density at radius 1 is 0.588 bits per heavy atom. The minimum atomic E-state index is -0.580. The summed E-state index contributed by atoms with van der Waals surface area (Å²) < 4.78 is 0. The molecule has 1 aliphatic rings. The maximum Gasteiger partial charge on any atom is 2.00 e. The van der Waals surface area contributed by atoms with E-state index in [9.17, 15) is 14.4 Å². The van der Waals surface area contributed by atoms with Crippen molar-refractivity contribution in [3.8, 4) is 34.2 Å². The van der Waals surface area contributed by atoms with Gasteiger partial charge in [0.1, 0.15) is 0 Å². The molecule has 1 fully saturated rings. The van der Waals surface area contributed by atoms with Crippen molar-refractivity contribution in [2.45, 2.75) is 39.0 Å². The van der Waals surface area contributed by atoms with Crippen molar-refractivity contribution in [2.75, 3.05) is 0 Å². The Morgan fingerprint density at radius 3 is 1.45 bits per heavy atom. The van der Waals surface area contributed by atoms with Crippen LogP contribution in [0.5, 0.6) is 0 Å². The number of pyridine rings is 6. The Kier molecular flexibility index (Phi) is 14.9. The zero-order valence-corrected chi connectivity index (χ0v) is 29.6. The van der Waals surface area contributed by atoms with Gasteiger partial charge >= 0.3 is 25.4 Å². The second-order valence-corrected chi connectivity index (χ2v) is 11.0. The molecular weight excluding hydrogens is 732 g/mol. The monoisotopic (exact) mass is 767 g/mol. The van der Waals surface area contributed by atoms with Crippen LogP contribution in [0.1, 0.15) is 36.8 Å². The number of hydrogen-bond acceptors (Lipinski definition) is 10. The van der Waals surface area contributed by atoms with Crippen LogP contribution < -0.4 is 0 Å². The molecular formula is C39H35N7O4Ru+2. The van der Waals surface area contributed by atoms with Crippen molar-refractivity contribution >= 4 is 17.8 Å². The topological polar surface area (TPSA) is 141 Å². The molecule has 0 saturated carbocycles. The molecule has 1 aliphatic heterocycles. The van der Waals surface area contributed by atoms with Crippen LogP contribution >= 0.6 is 0 Å². The molecule has 2 amide bonds. The SMILES string of the molecule is Cc1ccnc(-c2cc(CCCC(=O)ON3C(=O)CCC3=O)ccn2)c1.[Ru+2].c1ccc(-c2ccccn2)nc1.c1ccc(-c2ccccn2)nc1. The van der Waals surface area contributed by atoms with Gasteiger partial charge in [0.15, 0.2) is 0 Å². The second-order valence-electron chi connectivity index (χ2n) is 11.0. The van der Waals surface area contributed by atoms with Gasteiger partial charge in [-0.15, -0.1) is 5.06 Å². The van der Waals surface area contributed by atoms with E-state index in [0.717, 1.165) is 45.3 Å². The molecule has 0 spiro atoms. The Labute approximate surface area is 309 Å². The first kappa shape index (κ1) is 37.9. The molecule has 0 aliphatic carbocycles. The fourth-order valence-corrected chi connectivity index (χ4v) is 4.75. The number of carbonyl (C=O) groups is 3. The number of aromatic nitrogens is 6. The predicted octanol–water partition coefficient (Wildman–Crippen LogP) is 6.67. The Hall–Kier alpha value is -5.87. The van der Waals surface area contributed by atoms with Gasteiger partial charge in [-0.1, -0.05) is 24.3 Å². The second kappa shape index (κ2) is 20.0. The van der Waals surface area contributed by atoms with E-state index in [2.05, 4.69) is 29.9 Å². The van der Waals surface area contributed by atoms with Crippen LogP contribution in [0, 0.1) is 6.92 Å². The van der Waals surface area contributed by atoms with Crippen LogP contribution in [0.4, 0.5) is 0 Å². The van der Waals surface area contributed by atoms with Crippen molar-refractivity contribution in [1.29, 1.82) is 0 Å². The maximum absolute atomic E-state index is 11.8.